The first-order valence-corrected chi connectivity index (χ1v) is 11.0. The topological polar surface area (TPSA) is 86.0 Å². The number of nitrogens with zero attached hydrogens (tertiary/aromatic N) is 6. The summed E-state index contributed by atoms with van der Waals surface area (Å²) < 4.78 is 35.2. The molecule has 0 bridgehead atoms. The van der Waals surface area contributed by atoms with Crippen LogP contribution in [0.4, 0.5) is 8.78 Å². The highest BCUT2D eigenvalue weighted by atomic mass is 19.3. The molecule has 8 nitrogen and oxygen atoms in total. The highest BCUT2D eigenvalue weighted by Gasteiger charge is 2.46. The van der Waals surface area contributed by atoms with Crippen molar-refractivity contribution >= 4 is 28.0 Å². The van der Waals surface area contributed by atoms with Gasteiger partial charge >= 0.3 is 0 Å². The van der Waals surface area contributed by atoms with Crippen LogP contribution < -0.4 is 0 Å². The summed E-state index contributed by atoms with van der Waals surface area (Å²) in [6, 6.07) is 5.64. The Hall–Kier alpha value is -3.53. The predicted octanol–water partition coefficient (Wildman–Crippen LogP) is 3.85. The molecule has 1 aromatic carbocycles. The van der Waals surface area contributed by atoms with E-state index in [9.17, 15) is 13.6 Å². The highest BCUT2D eigenvalue weighted by molar-refractivity contribution is 5.98. The maximum atomic E-state index is 14.2. The fraction of sp³-hybridized carbons (Fsp3) is 0.375. The lowest BCUT2D eigenvalue weighted by Gasteiger charge is -2.43. The molecular weight excluding hydrogens is 442 g/mol. The molecule has 3 aromatic heterocycles. The molecule has 4 heterocycles. The average Bonchev–Trinajstić information content (AvgIpc) is 3.16. The van der Waals surface area contributed by atoms with Crippen LogP contribution in [0.5, 0.6) is 0 Å². The monoisotopic (exact) mass is 466 g/mol. The zero-order valence-electron chi connectivity index (χ0n) is 19.1. The van der Waals surface area contributed by atoms with Gasteiger partial charge < -0.3 is 9.64 Å². The second-order valence-electron chi connectivity index (χ2n) is 8.83. The molecule has 0 saturated carbocycles. The molecule has 1 fully saturated rings. The lowest BCUT2D eigenvalue weighted by atomic mass is 9.92. The number of hydrogen-bond acceptors (Lipinski definition) is 6. The number of hydrogen-bond donors (Lipinski definition) is 0. The van der Waals surface area contributed by atoms with E-state index in [1.54, 1.807) is 42.2 Å². The SMILES string of the molecule is COCC1CC(F)(F)CC(C)N1C(=O)c1ccc2ncc(-c3cnc4nn(C)cc4c3)nc2c1. The van der Waals surface area contributed by atoms with Crippen LogP contribution in [0.1, 0.15) is 30.1 Å². The van der Waals surface area contributed by atoms with Crippen LogP contribution in [0.25, 0.3) is 33.3 Å². The third-order valence-corrected chi connectivity index (χ3v) is 6.15. The molecule has 1 aliphatic rings. The van der Waals surface area contributed by atoms with Gasteiger partial charge in [0, 0.05) is 61.9 Å². The number of fused-ring (bicyclic) bond motifs is 2. The maximum Gasteiger partial charge on any atom is 0.254 e. The molecule has 176 valence electrons. The summed E-state index contributed by atoms with van der Waals surface area (Å²) in [4.78, 5) is 28.5. The normalized spacial score (nSPS) is 20.2. The molecule has 5 rings (SSSR count). The Kier molecular flexibility index (Phi) is 5.47. The number of benzene rings is 1. The number of amides is 1. The van der Waals surface area contributed by atoms with Crippen molar-refractivity contribution in [3.63, 3.8) is 0 Å². The average molecular weight is 466 g/mol. The van der Waals surface area contributed by atoms with Gasteiger partial charge in [-0.15, -0.1) is 0 Å². The number of aromatic nitrogens is 5. The Labute approximate surface area is 194 Å². The van der Waals surface area contributed by atoms with Gasteiger partial charge in [-0.3, -0.25) is 14.5 Å². The van der Waals surface area contributed by atoms with Crippen molar-refractivity contribution in [2.45, 2.75) is 37.8 Å². The Morgan fingerprint density at radius 1 is 1.18 bits per heavy atom. The van der Waals surface area contributed by atoms with E-state index < -0.39 is 24.4 Å². The second-order valence-corrected chi connectivity index (χ2v) is 8.83. The molecule has 34 heavy (non-hydrogen) atoms. The van der Waals surface area contributed by atoms with Crippen LogP contribution in [0.2, 0.25) is 0 Å². The first kappa shape index (κ1) is 22.3. The molecular formula is C24H24F2N6O2. The van der Waals surface area contributed by atoms with Gasteiger partial charge in [0.25, 0.3) is 11.8 Å². The minimum Gasteiger partial charge on any atom is -0.383 e. The Morgan fingerprint density at radius 3 is 2.79 bits per heavy atom. The van der Waals surface area contributed by atoms with Gasteiger partial charge in [0.1, 0.15) is 0 Å². The zero-order valence-corrected chi connectivity index (χ0v) is 19.1. The van der Waals surface area contributed by atoms with Gasteiger partial charge in [-0.2, -0.15) is 5.10 Å². The quantitative estimate of drug-likeness (QED) is 0.454. The van der Waals surface area contributed by atoms with Crippen molar-refractivity contribution in [3.05, 3.63) is 48.4 Å². The number of piperidine rings is 1. The van der Waals surface area contributed by atoms with Crippen molar-refractivity contribution in [1.82, 2.24) is 29.6 Å². The van der Waals surface area contributed by atoms with Crippen LogP contribution >= 0.6 is 0 Å². The summed E-state index contributed by atoms with van der Waals surface area (Å²) in [7, 11) is 3.28. The zero-order chi connectivity index (χ0) is 24.0. The number of carbonyl (C=O) groups excluding carboxylic acids is 1. The maximum absolute atomic E-state index is 14.2. The van der Waals surface area contributed by atoms with E-state index in [1.165, 1.54) is 12.0 Å². The van der Waals surface area contributed by atoms with E-state index >= 15 is 0 Å². The van der Waals surface area contributed by atoms with Gasteiger partial charge in [0.05, 0.1) is 35.6 Å². The summed E-state index contributed by atoms with van der Waals surface area (Å²) in [5.41, 5.74) is 3.56. The van der Waals surface area contributed by atoms with Crippen LogP contribution in [-0.2, 0) is 11.8 Å². The molecule has 1 amide bonds. The number of methoxy groups -OCH3 is 1. The number of carbonyl (C=O) groups is 1. The molecule has 4 aromatic rings. The van der Waals surface area contributed by atoms with Crippen LogP contribution in [0.3, 0.4) is 0 Å². The van der Waals surface area contributed by atoms with Crippen LogP contribution in [0, 0.1) is 0 Å². The van der Waals surface area contributed by atoms with E-state index in [4.69, 9.17) is 9.72 Å². The van der Waals surface area contributed by atoms with Crippen molar-refractivity contribution in [1.29, 1.82) is 0 Å². The first-order valence-electron chi connectivity index (χ1n) is 11.0. The minimum atomic E-state index is -2.83. The third-order valence-electron chi connectivity index (χ3n) is 6.15. The number of likely N-dealkylation sites (tertiary alicyclic amines) is 1. The van der Waals surface area contributed by atoms with E-state index in [0.29, 0.717) is 27.9 Å². The Balaban J connectivity index is 1.49. The number of ether oxygens (including phenoxy) is 1. The third kappa shape index (κ3) is 4.09. The fourth-order valence-electron chi connectivity index (χ4n) is 4.72. The summed E-state index contributed by atoms with van der Waals surface area (Å²) in [6.45, 7) is 1.70. The van der Waals surface area contributed by atoms with E-state index in [-0.39, 0.29) is 18.9 Å². The lowest BCUT2D eigenvalue weighted by Crippen LogP contribution is -2.56. The van der Waals surface area contributed by atoms with Gasteiger partial charge in [-0.1, -0.05) is 0 Å². The molecule has 2 atom stereocenters. The molecule has 1 saturated heterocycles. The first-order chi connectivity index (χ1) is 16.2. The molecule has 0 radical (unpaired) electrons. The molecule has 0 N–H and O–H groups in total. The minimum absolute atomic E-state index is 0.0486. The van der Waals surface area contributed by atoms with Crippen molar-refractivity contribution < 1.29 is 18.3 Å². The van der Waals surface area contributed by atoms with Gasteiger partial charge in [0.2, 0.25) is 0 Å². The van der Waals surface area contributed by atoms with Gasteiger partial charge in [-0.25, -0.2) is 18.7 Å². The molecule has 10 heteroatoms. The van der Waals surface area contributed by atoms with Crippen molar-refractivity contribution in [2.75, 3.05) is 13.7 Å². The van der Waals surface area contributed by atoms with Crippen molar-refractivity contribution in [2.24, 2.45) is 7.05 Å². The summed E-state index contributed by atoms with van der Waals surface area (Å²) >= 11 is 0. The summed E-state index contributed by atoms with van der Waals surface area (Å²) in [6.07, 6.45) is 4.42. The largest absolute Gasteiger partial charge is 0.383 e. The standard InChI is InChI=1S/C24H24F2N6O2/c1-14-8-24(25,26)9-18(13-34-3)32(14)23(33)15-4-5-19-20(7-15)29-21(11-27-19)16-6-17-12-31(2)30-22(17)28-10-16/h4-7,10-12,14,18H,8-9,13H2,1-3H3. The van der Waals surface area contributed by atoms with E-state index in [2.05, 4.69) is 15.1 Å². The van der Waals surface area contributed by atoms with Crippen LogP contribution in [-0.4, -0.2) is 67.3 Å². The predicted molar refractivity (Wildman–Crippen MR) is 123 cm³/mol. The number of halogens is 2. The Morgan fingerprint density at radius 2 is 2.00 bits per heavy atom. The summed E-state index contributed by atoms with van der Waals surface area (Å²) in [5, 5.41) is 5.16. The van der Waals surface area contributed by atoms with E-state index in [1.807, 2.05) is 19.3 Å². The van der Waals surface area contributed by atoms with Gasteiger partial charge in [-0.05, 0) is 31.2 Å². The fourth-order valence-corrected chi connectivity index (χ4v) is 4.72. The molecule has 1 aliphatic heterocycles. The van der Waals surface area contributed by atoms with E-state index in [0.717, 1.165) is 10.9 Å². The number of alkyl halides is 2. The number of aryl methyl sites for hydroxylation is 1. The number of pyridine rings is 1. The lowest BCUT2D eigenvalue weighted by molar-refractivity contribution is -0.0988. The van der Waals surface area contributed by atoms with Gasteiger partial charge in [0.15, 0.2) is 5.65 Å². The summed E-state index contributed by atoms with van der Waals surface area (Å²) in [5.74, 6) is -3.15. The number of rotatable bonds is 4. The van der Waals surface area contributed by atoms with Crippen LogP contribution in [0.15, 0.2) is 42.9 Å². The molecule has 2 unspecified atom stereocenters. The molecule has 0 spiro atoms. The second kappa shape index (κ2) is 8.35. The molecule has 0 aliphatic carbocycles. The van der Waals surface area contributed by atoms with Crippen molar-refractivity contribution in [3.8, 4) is 11.3 Å². The smallest absolute Gasteiger partial charge is 0.254 e. The Bertz CT molecular complexity index is 1390. The highest BCUT2D eigenvalue weighted by Crippen LogP contribution is 2.36.